The Balaban J connectivity index is 1.30. The van der Waals surface area contributed by atoms with Gasteiger partial charge in [-0.2, -0.15) is 0 Å². The predicted octanol–water partition coefficient (Wildman–Crippen LogP) is 13.4. The van der Waals surface area contributed by atoms with Gasteiger partial charge in [-0.1, -0.05) is 105 Å². The van der Waals surface area contributed by atoms with Crippen molar-refractivity contribution in [3.63, 3.8) is 0 Å². The molecule has 10 rings (SSSR count). The summed E-state index contributed by atoms with van der Waals surface area (Å²) < 4.78 is 5.33. The van der Waals surface area contributed by atoms with E-state index in [1.165, 1.54) is 90.4 Å². The van der Waals surface area contributed by atoms with Gasteiger partial charge in [0, 0.05) is 67.9 Å². The van der Waals surface area contributed by atoms with E-state index in [1.807, 2.05) is 22.7 Å². The molecule has 1 nitrogen and oxygen atoms in total. The fourth-order valence-electron chi connectivity index (χ4n) is 7.82. The third-order valence-corrected chi connectivity index (χ3v) is 12.4. The monoisotopic (exact) mass is 623 g/mol. The van der Waals surface area contributed by atoms with Gasteiger partial charge < -0.3 is 4.90 Å². The molecule has 0 amide bonds. The van der Waals surface area contributed by atoms with Crippen LogP contribution >= 0.6 is 22.7 Å². The van der Waals surface area contributed by atoms with Gasteiger partial charge >= 0.3 is 0 Å². The van der Waals surface area contributed by atoms with E-state index < -0.39 is 0 Å². The zero-order chi connectivity index (χ0) is 30.6. The minimum atomic E-state index is -0.0866. The lowest BCUT2D eigenvalue weighted by molar-refractivity contribution is 0.660. The Morgan fingerprint density at radius 2 is 1.02 bits per heavy atom. The van der Waals surface area contributed by atoms with Crippen LogP contribution in [0.1, 0.15) is 25.0 Å². The fraction of sp³-hybridized carbons (Fsp3) is 0.0698. The molecule has 0 radical (unpaired) electrons. The van der Waals surface area contributed by atoms with E-state index in [2.05, 4.69) is 158 Å². The number of hydrogen-bond donors (Lipinski definition) is 0. The smallest absolute Gasteiger partial charge is 0.0547 e. The topological polar surface area (TPSA) is 3.24 Å². The maximum atomic E-state index is 2.51. The SMILES string of the molecule is CC1(C)c2ccccc2-c2ccc(N(c3ccc4sc5ccccc5c4c3)c3cc4c5ccccc5sc4c4ccccc34)cc21. The predicted molar refractivity (Wildman–Crippen MR) is 202 cm³/mol. The maximum absolute atomic E-state index is 2.51. The average Bonchev–Trinajstić information content (AvgIpc) is 3.73. The second kappa shape index (κ2) is 9.53. The molecule has 0 saturated heterocycles. The number of thiophene rings is 2. The third kappa shape index (κ3) is 3.61. The van der Waals surface area contributed by atoms with Gasteiger partial charge in [-0.25, -0.2) is 0 Å². The summed E-state index contributed by atoms with van der Waals surface area (Å²) in [5, 5.41) is 7.83. The van der Waals surface area contributed by atoms with Crippen molar-refractivity contribution in [2.45, 2.75) is 19.3 Å². The Morgan fingerprint density at radius 1 is 0.435 bits per heavy atom. The van der Waals surface area contributed by atoms with Crippen molar-refractivity contribution in [2.75, 3.05) is 4.90 Å². The molecule has 218 valence electrons. The van der Waals surface area contributed by atoms with Crippen molar-refractivity contribution in [3.8, 4) is 11.1 Å². The Morgan fingerprint density at radius 3 is 1.85 bits per heavy atom. The summed E-state index contributed by atoms with van der Waals surface area (Å²) in [6.07, 6.45) is 0. The first kappa shape index (κ1) is 26.3. The summed E-state index contributed by atoms with van der Waals surface area (Å²) >= 11 is 3.77. The van der Waals surface area contributed by atoms with Crippen LogP contribution in [-0.4, -0.2) is 0 Å². The van der Waals surface area contributed by atoms with Gasteiger partial charge in [0.1, 0.15) is 0 Å². The van der Waals surface area contributed by atoms with Crippen molar-refractivity contribution in [3.05, 3.63) is 151 Å². The van der Waals surface area contributed by atoms with E-state index in [9.17, 15) is 0 Å². The molecule has 46 heavy (non-hydrogen) atoms. The van der Waals surface area contributed by atoms with Crippen LogP contribution in [0.25, 0.3) is 62.2 Å². The summed E-state index contributed by atoms with van der Waals surface area (Å²) in [6, 6.07) is 52.1. The average molecular weight is 624 g/mol. The first-order valence-electron chi connectivity index (χ1n) is 15.9. The fourth-order valence-corrected chi connectivity index (χ4v) is 10.1. The molecule has 0 N–H and O–H groups in total. The first-order valence-corrected chi connectivity index (χ1v) is 17.5. The standard InChI is InChI=1S/C43H29NS2/c1-43(2)36-16-8-5-11-28(36)29-21-19-27(24-37(29)43)44(26-20-22-41-34(23-26)31-13-6-9-17-39(31)45-41)38-25-35-32-14-7-10-18-40(32)46-42(35)33-15-4-3-12-30(33)38/h3-25H,1-2H3. The quantitative estimate of drug-likeness (QED) is 0.189. The second-order valence-corrected chi connectivity index (χ2v) is 15.1. The third-order valence-electron chi connectivity index (χ3n) is 10.0. The van der Waals surface area contributed by atoms with Crippen LogP contribution in [0, 0.1) is 0 Å². The van der Waals surface area contributed by atoms with Crippen LogP contribution in [0.2, 0.25) is 0 Å². The van der Waals surface area contributed by atoms with Crippen LogP contribution in [0.4, 0.5) is 17.1 Å². The van der Waals surface area contributed by atoms with Gasteiger partial charge in [0.2, 0.25) is 0 Å². The lowest BCUT2D eigenvalue weighted by atomic mass is 9.82. The first-order chi connectivity index (χ1) is 22.6. The highest BCUT2D eigenvalue weighted by Gasteiger charge is 2.36. The summed E-state index contributed by atoms with van der Waals surface area (Å²) in [4.78, 5) is 2.51. The molecule has 0 aliphatic heterocycles. The second-order valence-electron chi connectivity index (χ2n) is 12.9. The van der Waals surface area contributed by atoms with Crippen LogP contribution in [-0.2, 0) is 5.41 Å². The van der Waals surface area contributed by atoms with Gasteiger partial charge in [0.05, 0.1) is 5.69 Å². The van der Waals surface area contributed by atoms with E-state index in [4.69, 9.17) is 0 Å². The number of hydrogen-bond acceptors (Lipinski definition) is 3. The van der Waals surface area contributed by atoms with Crippen LogP contribution < -0.4 is 4.90 Å². The number of anilines is 3. The number of rotatable bonds is 3. The highest BCUT2D eigenvalue weighted by molar-refractivity contribution is 7.26. The minimum absolute atomic E-state index is 0.0866. The molecule has 2 heterocycles. The molecular weight excluding hydrogens is 595 g/mol. The van der Waals surface area contributed by atoms with E-state index in [0.29, 0.717) is 0 Å². The van der Waals surface area contributed by atoms with Crippen molar-refractivity contribution in [1.82, 2.24) is 0 Å². The van der Waals surface area contributed by atoms with E-state index in [0.717, 1.165) is 0 Å². The maximum Gasteiger partial charge on any atom is 0.0547 e. The van der Waals surface area contributed by atoms with Gasteiger partial charge in [0.25, 0.3) is 0 Å². The molecule has 1 aliphatic rings. The number of nitrogens with zero attached hydrogens (tertiary/aromatic N) is 1. The molecule has 0 bridgehead atoms. The van der Waals surface area contributed by atoms with E-state index in [1.54, 1.807) is 0 Å². The molecular formula is C43H29NS2. The Kier molecular flexibility index (Phi) is 5.44. The Bertz CT molecular complexity index is 2690. The van der Waals surface area contributed by atoms with Gasteiger partial charge in [0.15, 0.2) is 0 Å². The van der Waals surface area contributed by atoms with E-state index in [-0.39, 0.29) is 5.41 Å². The van der Waals surface area contributed by atoms with Crippen molar-refractivity contribution < 1.29 is 0 Å². The number of fused-ring (bicyclic) bond motifs is 11. The normalized spacial score (nSPS) is 13.6. The lowest BCUT2D eigenvalue weighted by Crippen LogP contribution is -2.16. The largest absolute Gasteiger partial charge is 0.310 e. The molecule has 0 spiro atoms. The molecule has 0 atom stereocenters. The summed E-state index contributed by atoms with van der Waals surface area (Å²) in [5.41, 5.74) is 8.95. The van der Waals surface area contributed by atoms with Crippen molar-refractivity contribution in [2.24, 2.45) is 0 Å². The summed E-state index contributed by atoms with van der Waals surface area (Å²) in [6.45, 7) is 4.74. The summed E-state index contributed by atoms with van der Waals surface area (Å²) in [7, 11) is 0. The molecule has 1 aliphatic carbocycles. The van der Waals surface area contributed by atoms with Gasteiger partial charge in [-0.3, -0.25) is 0 Å². The molecule has 0 fully saturated rings. The highest BCUT2D eigenvalue weighted by Crippen LogP contribution is 2.52. The van der Waals surface area contributed by atoms with Crippen LogP contribution in [0.3, 0.4) is 0 Å². The highest BCUT2D eigenvalue weighted by atomic mass is 32.1. The molecule has 0 unspecified atom stereocenters. The van der Waals surface area contributed by atoms with Crippen molar-refractivity contribution in [1.29, 1.82) is 0 Å². The zero-order valence-corrected chi connectivity index (χ0v) is 27.2. The molecule has 2 aromatic heterocycles. The molecule has 0 saturated carbocycles. The summed E-state index contributed by atoms with van der Waals surface area (Å²) in [5.74, 6) is 0. The number of benzene rings is 7. The van der Waals surface area contributed by atoms with Crippen molar-refractivity contribution >= 4 is 90.9 Å². The zero-order valence-electron chi connectivity index (χ0n) is 25.5. The van der Waals surface area contributed by atoms with Gasteiger partial charge in [-0.05, 0) is 70.8 Å². The molecule has 7 aromatic carbocycles. The van der Waals surface area contributed by atoms with E-state index >= 15 is 0 Å². The molecule has 9 aromatic rings. The van der Waals surface area contributed by atoms with Crippen LogP contribution in [0.5, 0.6) is 0 Å². The lowest BCUT2D eigenvalue weighted by Gasteiger charge is -2.29. The van der Waals surface area contributed by atoms with Gasteiger partial charge in [-0.15, -0.1) is 22.7 Å². The Hall–Kier alpha value is -4.96. The van der Waals surface area contributed by atoms with Crippen LogP contribution in [0.15, 0.2) is 140 Å². The molecule has 3 heteroatoms. The Labute approximate surface area is 275 Å². The minimum Gasteiger partial charge on any atom is -0.310 e.